The first kappa shape index (κ1) is 13.1. The summed E-state index contributed by atoms with van der Waals surface area (Å²) in [7, 11) is 0. The second kappa shape index (κ2) is 6.05. The van der Waals surface area contributed by atoms with Gasteiger partial charge >= 0.3 is 0 Å². The van der Waals surface area contributed by atoms with E-state index in [4.69, 9.17) is 0 Å². The summed E-state index contributed by atoms with van der Waals surface area (Å²) in [5.74, 6) is 0.126. The van der Waals surface area contributed by atoms with Gasteiger partial charge < -0.3 is 10.4 Å². The minimum atomic E-state index is -0.0826. The van der Waals surface area contributed by atoms with E-state index in [2.05, 4.69) is 5.32 Å². The van der Waals surface area contributed by atoms with Crippen LogP contribution < -0.4 is 5.32 Å². The van der Waals surface area contributed by atoms with Gasteiger partial charge in [-0.05, 0) is 35.7 Å². The van der Waals surface area contributed by atoms with Crippen LogP contribution in [0.2, 0.25) is 0 Å². The molecule has 0 bridgehead atoms. The standard InChI is InChI=1S/C16H17NO2/c1-2-13-7-3-4-9-15(13)16(19)17-11-12-6-5-8-14(18)10-12/h3-10,18H,2,11H2,1H3,(H,17,19). The molecule has 2 aromatic carbocycles. The lowest BCUT2D eigenvalue weighted by molar-refractivity contribution is 0.0950. The van der Waals surface area contributed by atoms with Crippen molar-refractivity contribution in [3.05, 3.63) is 65.2 Å². The zero-order chi connectivity index (χ0) is 13.7. The minimum Gasteiger partial charge on any atom is -0.508 e. The van der Waals surface area contributed by atoms with Crippen LogP contribution >= 0.6 is 0 Å². The molecule has 0 spiro atoms. The highest BCUT2D eigenvalue weighted by Crippen LogP contribution is 2.12. The number of nitrogens with one attached hydrogen (secondary N) is 1. The number of phenols is 1. The lowest BCUT2D eigenvalue weighted by Crippen LogP contribution is -2.23. The number of hydrogen-bond acceptors (Lipinski definition) is 2. The van der Waals surface area contributed by atoms with Gasteiger partial charge in [-0.25, -0.2) is 0 Å². The van der Waals surface area contributed by atoms with Gasteiger partial charge in [0.25, 0.3) is 5.91 Å². The molecular formula is C16H17NO2. The van der Waals surface area contributed by atoms with Crippen molar-refractivity contribution >= 4 is 5.91 Å². The monoisotopic (exact) mass is 255 g/mol. The fourth-order valence-electron chi connectivity index (χ4n) is 1.99. The van der Waals surface area contributed by atoms with E-state index in [0.717, 1.165) is 17.5 Å². The molecule has 19 heavy (non-hydrogen) atoms. The Morgan fingerprint density at radius 3 is 2.68 bits per heavy atom. The number of carbonyl (C=O) groups is 1. The van der Waals surface area contributed by atoms with E-state index in [0.29, 0.717) is 12.1 Å². The Hall–Kier alpha value is -2.29. The van der Waals surface area contributed by atoms with Crippen molar-refractivity contribution in [2.75, 3.05) is 0 Å². The molecule has 2 N–H and O–H groups in total. The summed E-state index contributed by atoms with van der Waals surface area (Å²) in [4.78, 5) is 12.1. The third-order valence-electron chi connectivity index (χ3n) is 3.01. The molecule has 0 heterocycles. The van der Waals surface area contributed by atoms with Gasteiger partial charge in [0, 0.05) is 12.1 Å². The van der Waals surface area contributed by atoms with Crippen LogP contribution in [0.25, 0.3) is 0 Å². The van der Waals surface area contributed by atoms with Crippen LogP contribution in [-0.2, 0) is 13.0 Å². The molecule has 3 nitrogen and oxygen atoms in total. The van der Waals surface area contributed by atoms with Crippen molar-refractivity contribution < 1.29 is 9.90 Å². The number of aryl methyl sites for hydroxylation is 1. The molecule has 0 unspecified atom stereocenters. The molecule has 0 fully saturated rings. The Morgan fingerprint density at radius 1 is 1.16 bits per heavy atom. The lowest BCUT2D eigenvalue weighted by atomic mass is 10.0. The summed E-state index contributed by atoms with van der Waals surface area (Å²) < 4.78 is 0. The Kier molecular flexibility index (Phi) is 4.18. The van der Waals surface area contributed by atoms with Crippen molar-refractivity contribution in [3.8, 4) is 5.75 Å². The smallest absolute Gasteiger partial charge is 0.251 e. The predicted octanol–water partition coefficient (Wildman–Crippen LogP) is 2.88. The molecule has 0 saturated heterocycles. The molecule has 2 rings (SSSR count). The fourth-order valence-corrected chi connectivity index (χ4v) is 1.99. The highest BCUT2D eigenvalue weighted by atomic mass is 16.3. The van der Waals surface area contributed by atoms with Crippen molar-refractivity contribution in [1.29, 1.82) is 0 Å². The predicted molar refractivity (Wildman–Crippen MR) is 75.1 cm³/mol. The van der Waals surface area contributed by atoms with Gasteiger partial charge in [-0.2, -0.15) is 0 Å². The quantitative estimate of drug-likeness (QED) is 0.882. The number of rotatable bonds is 4. The van der Waals surface area contributed by atoms with Crippen LogP contribution in [0.15, 0.2) is 48.5 Å². The first-order valence-corrected chi connectivity index (χ1v) is 6.34. The van der Waals surface area contributed by atoms with E-state index in [1.54, 1.807) is 18.2 Å². The summed E-state index contributed by atoms with van der Waals surface area (Å²) in [6.45, 7) is 2.44. The zero-order valence-corrected chi connectivity index (χ0v) is 10.9. The van der Waals surface area contributed by atoms with Gasteiger partial charge in [-0.3, -0.25) is 4.79 Å². The molecule has 2 aromatic rings. The maximum Gasteiger partial charge on any atom is 0.251 e. The summed E-state index contributed by atoms with van der Waals surface area (Å²) in [6.07, 6.45) is 0.829. The van der Waals surface area contributed by atoms with E-state index in [1.165, 1.54) is 0 Å². The van der Waals surface area contributed by atoms with E-state index >= 15 is 0 Å². The highest BCUT2D eigenvalue weighted by Gasteiger charge is 2.09. The third-order valence-corrected chi connectivity index (χ3v) is 3.01. The average molecular weight is 255 g/mol. The van der Waals surface area contributed by atoms with Crippen molar-refractivity contribution in [3.63, 3.8) is 0 Å². The van der Waals surface area contributed by atoms with Gasteiger partial charge in [0.1, 0.15) is 5.75 Å². The van der Waals surface area contributed by atoms with Gasteiger partial charge in [-0.1, -0.05) is 37.3 Å². The number of carbonyl (C=O) groups excluding carboxylic acids is 1. The topological polar surface area (TPSA) is 49.3 Å². The average Bonchev–Trinajstić information content (AvgIpc) is 2.45. The molecule has 0 aliphatic rings. The molecule has 0 radical (unpaired) electrons. The first-order valence-electron chi connectivity index (χ1n) is 6.34. The number of phenolic OH excluding ortho intramolecular Hbond substituents is 1. The molecule has 0 saturated carbocycles. The Balaban J connectivity index is 2.05. The normalized spacial score (nSPS) is 10.2. The zero-order valence-electron chi connectivity index (χ0n) is 10.9. The van der Waals surface area contributed by atoms with Gasteiger partial charge in [-0.15, -0.1) is 0 Å². The summed E-state index contributed by atoms with van der Waals surface area (Å²) in [6, 6.07) is 14.5. The molecule has 0 atom stereocenters. The molecule has 1 amide bonds. The highest BCUT2D eigenvalue weighted by molar-refractivity contribution is 5.95. The SMILES string of the molecule is CCc1ccccc1C(=O)NCc1cccc(O)c1. The van der Waals surface area contributed by atoms with E-state index < -0.39 is 0 Å². The van der Waals surface area contributed by atoms with Crippen LogP contribution in [0.3, 0.4) is 0 Å². The van der Waals surface area contributed by atoms with Crippen molar-refractivity contribution in [2.45, 2.75) is 19.9 Å². The summed E-state index contributed by atoms with van der Waals surface area (Å²) in [5.41, 5.74) is 2.63. The molecule has 0 aromatic heterocycles. The molecule has 98 valence electrons. The van der Waals surface area contributed by atoms with Gasteiger partial charge in [0.15, 0.2) is 0 Å². The van der Waals surface area contributed by atoms with Crippen LogP contribution in [0.5, 0.6) is 5.75 Å². The molecule has 0 aliphatic carbocycles. The van der Waals surface area contributed by atoms with Crippen LogP contribution in [0.4, 0.5) is 0 Å². The second-order valence-electron chi connectivity index (χ2n) is 4.36. The van der Waals surface area contributed by atoms with Gasteiger partial charge in [0.2, 0.25) is 0 Å². The Bertz CT molecular complexity index is 578. The van der Waals surface area contributed by atoms with E-state index in [1.807, 2.05) is 37.3 Å². The number of aromatic hydroxyl groups is 1. The molecule has 0 aliphatic heterocycles. The van der Waals surface area contributed by atoms with Crippen LogP contribution in [-0.4, -0.2) is 11.0 Å². The fraction of sp³-hybridized carbons (Fsp3) is 0.188. The minimum absolute atomic E-state index is 0.0826. The van der Waals surface area contributed by atoms with Crippen molar-refractivity contribution in [1.82, 2.24) is 5.32 Å². The summed E-state index contributed by atoms with van der Waals surface area (Å²) in [5, 5.41) is 12.2. The lowest BCUT2D eigenvalue weighted by Gasteiger charge is -2.09. The Morgan fingerprint density at radius 2 is 1.95 bits per heavy atom. The number of hydrogen-bond donors (Lipinski definition) is 2. The number of amides is 1. The molecular weight excluding hydrogens is 238 g/mol. The Labute approximate surface area is 112 Å². The largest absolute Gasteiger partial charge is 0.508 e. The maximum absolute atomic E-state index is 12.1. The second-order valence-corrected chi connectivity index (χ2v) is 4.36. The van der Waals surface area contributed by atoms with E-state index in [-0.39, 0.29) is 11.7 Å². The van der Waals surface area contributed by atoms with Crippen LogP contribution in [0.1, 0.15) is 28.4 Å². The van der Waals surface area contributed by atoms with Gasteiger partial charge in [0.05, 0.1) is 0 Å². The third kappa shape index (κ3) is 3.35. The maximum atomic E-state index is 12.1. The molecule has 3 heteroatoms. The number of benzene rings is 2. The van der Waals surface area contributed by atoms with E-state index in [9.17, 15) is 9.90 Å². The van der Waals surface area contributed by atoms with Crippen molar-refractivity contribution in [2.24, 2.45) is 0 Å². The first-order chi connectivity index (χ1) is 9.20. The summed E-state index contributed by atoms with van der Waals surface area (Å²) >= 11 is 0. The van der Waals surface area contributed by atoms with Crippen LogP contribution in [0, 0.1) is 0 Å².